The van der Waals surface area contributed by atoms with Gasteiger partial charge in [0.25, 0.3) is 0 Å². The summed E-state index contributed by atoms with van der Waals surface area (Å²) in [5, 5.41) is 3.75. The first kappa shape index (κ1) is 13.6. The third-order valence-corrected chi connectivity index (χ3v) is 2.76. The Balaban J connectivity index is 2.11. The molecule has 0 aliphatic rings. The molecular formula is C13H15F2N3O. The van der Waals surface area contributed by atoms with Crippen LogP contribution in [0.2, 0.25) is 0 Å². The molecule has 102 valence electrons. The molecule has 0 fully saturated rings. The first-order valence-corrected chi connectivity index (χ1v) is 6.12. The highest BCUT2D eigenvalue weighted by molar-refractivity contribution is 5.21. The molecule has 1 aromatic carbocycles. The van der Waals surface area contributed by atoms with Gasteiger partial charge in [-0.15, -0.1) is 0 Å². The third-order valence-electron chi connectivity index (χ3n) is 2.76. The number of halogens is 2. The molecule has 4 nitrogen and oxygen atoms in total. The van der Waals surface area contributed by atoms with Gasteiger partial charge in [0.1, 0.15) is 11.6 Å². The molecule has 2 aromatic rings. The zero-order chi connectivity index (χ0) is 13.8. The summed E-state index contributed by atoms with van der Waals surface area (Å²) < 4.78 is 31.3. The SMILES string of the molecule is CCC[C@H](N)c1nc(Cc2ccc(F)cc2F)no1. The number of nitrogens with zero attached hydrogens (tertiary/aromatic N) is 2. The Labute approximate surface area is 109 Å². The summed E-state index contributed by atoms with van der Waals surface area (Å²) in [6.07, 6.45) is 1.80. The Bertz CT molecular complexity index is 557. The van der Waals surface area contributed by atoms with Crippen LogP contribution in [0.3, 0.4) is 0 Å². The molecule has 0 spiro atoms. The van der Waals surface area contributed by atoms with Crippen molar-refractivity contribution < 1.29 is 13.3 Å². The van der Waals surface area contributed by atoms with Gasteiger partial charge in [-0.1, -0.05) is 24.6 Å². The molecule has 0 aliphatic carbocycles. The summed E-state index contributed by atoms with van der Waals surface area (Å²) in [5.74, 6) is -0.546. The van der Waals surface area contributed by atoms with Crippen LogP contribution >= 0.6 is 0 Å². The summed E-state index contributed by atoms with van der Waals surface area (Å²) in [5.41, 5.74) is 6.16. The second-order valence-electron chi connectivity index (χ2n) is 4.36. The second kappa shape index (κ2) is 5.88. The molecule has 1 aromatic heterocycles. The van der Waals surface area contributed by atoms with Crippen LogP contribution in [-0.4, -0.2) is 10.1 Å². The van der Waals surface area contributed by atoms with Crippen molar-refractivity contribution in [1.29, 1.82) is 0 Å². The summed E-state index contributed by atoms with van der Waals surface area (Å²) in [7, 11) is 0. The van der Waals surface area contributed by atoms with Gasteiger partial charge in [0.05, 0.1) is 6.04 Å². The van der Waals surface area contributed by atoms with Crippen LogP contribution in [0.25, 0.3) is 0 Å². The highest BCUT2D eigenvalue weighted by Crippen LogP contribution is 2.16. The van der Waals surface area contributed by atoms with Crippen LogP contribution in [0.5, 0.6) is 0 Å². The number of rotatable bonds is 5. The van der Waals surface area contributed by atoms with Crippen molar-refractivity contribution in [3.05, 3.63) is 47.1 Å². The molecular weight excluding hydrogens is 252 g/mol. The van der Waals surface area contributed by atoms with Crippen molar-refractivity contribution in [2.45, 2.75) is 32.2 Å². The Morgan fingerprint density at radius 1 is 1.37 bits per heavy atom. The normalized spacial score (nSPS) is 12.6. The van der Waals surface area contributed by atoms with Gasteiger partial charge in [0, 0.05) is 12.5 Å². The molecule has 0 bridgehead atoms. The molecule has 2 N–H and O–H groups in total. The number of hydrogen-bond acceptors (Lipinski definition) is 4. The maximum Gasteiger partial charge on any atom is 0.243 e. The van der Waals surface area contributed by atoms with Crippen molar-refractivity contribution >= 4 is 0 Å². The monoisotopic (exact) mass is 267 g/mol. The van der Waals surface area contributed by atoms with Gasteiger partial charge in [-0.25, -0.2) is 8.78 Å². The lowest BCUT2D eigenvalue weighted by Gasteiger charge is -2.02. The van der Waals surface area contributed by atoms with E-state index in [0.29, 0.717) is 17.3 Å². The fourth-order valence-electron chi connectivity index (χ4n) is 1.76. The Morgan fingerprint density at radius 3 is 2.84 bits per heavy atom. The maximum atomic E-state index is 13.5. The van der Waals surface area contributed by atoms with Crippen LogP contribution in [0.4, 0.5) is 8.78 Å². The third kappa shape index (κ3) is 3.35. The summed E-state index contributed by atoms with van der Waals surface area (Å²) >= 11 is 0. The summed E-state index contributed by atoms with van der Waals surface area (Å²) in [4.78, 5) is 4.12. The Morgan fingerprint density at radius 2 is 2.16 bits per heavy atom. The van der Waals surface area contributed by atoms with Crippen LogP contribution in [0, 0.1) is 11.6 Å². The molecule has 0 aliphatic heterocycles. The van der Waals surface area contributed by atoms with Crippen LogP contribution in [-0.2, 0) is 6.42 Å². The maximum absolute atomic E-state index is 13.5. The molecule has 19 heavy (non-hydrogen) atoms. The van der Waals surface area contributed by atoms with E-state index in [1.165, 1.54) is 12.1 Å². The molecule has 0 saturated heterocycles. The van der Waals surface area contributed by atoms with Gasteiger partial charge in [-0.05, 0) is 18.1 Å². The zero-order valence-corrected chi connectivity index (χ0v) is 10.6. The average molecular weight is 267 g/mol. The Hall–Kier alpha value is -1.82. The summed E-state index contributed by atoms with van der Waals surface area (Å²) in [6, 6.07) is 3.10. The first-order valence-electron chi connectivity index (χ1n) is 6.12. The van der Waals surface area contributed by atoms with Crippen molar-refractivity contribution in [2.24, 2.45) is 5.73 Å². The smallest absolute Gasteiger partial charge is 0.243 e. The highest BCUT2D eigenvalue weighted by atomic mass is 19.1. The van der Waals surface area contributed by atoms with Gasteiger partial charge in [-0.3, -0.25) is 0 Å². The average Bonchev–Trinajstić information content (AvgIpc) is 2.82. The molecule has 0 amide bonds. The van der Waals surface area contributed by atoms with Crippen molar-refractivity contribution in [1.82, 2.24) is 10.1 Å². The van der Waals surface area contributed by atoms with Crippen LogP contribution in [0.1, 0.15) is 43.1 Å². The number of hydrogen-bond donors (Lipinski definition) is 1. The van der Waals surface area contributed by atoms with E-state index in [4.69, 9.17) is 10.3 Å². The van der Waals surface area contributed by atoms with Gasteiger partial charge in [0.2, 0.25) is 5.89 Å². The van der Waals surface area contributed by atoms with Crippen LogP contribution < -0.4 is 5.73 Å². The molecule has 0 radical (unpaired) electrons. The predicted molar refractivity (Wildman–Crippen MR) is 65.3 cm³/mol. The molecule has 0 unspecified atom stereocenters. The lowest BCUT2D eigenvalue weighted by atomic mass is 10.1. The molecule has 1 atom stereocenters. The minimum Gasteiger partial charge on any atom is -0.338 e. The van der Waals surface area contributed by atoms with Crippen molar-refractivity contribution in [3.63, 3.8) is 0 Å². The second-order valence-corrected chi connectivity index (χ2v) is 4.36. The number of nitrogens with two attached hydrogens (primary N) is 1. The quantitative estimate of drug-likeness (QED) is 0.904. The molecule has 2 rings (SSSR count). The van der Waals surface area contributed by atoms with Gasteiger partial charge < -0.3 is 10.3 Å². The van der Waals surface area contributed by atoms with Crippen molar-refractivity contribution in [3.8, 4) is 0 Å². The number of aromatic nitrogens is 2. The first-order chi connectivity index (χ1) is 9.10. The largest absolute Gasteiger partial charge is 0.338 e. The number of benzene rings is 1. The van der Waals surface area contributed by atoms with E-state index < -0.39 is 11.6 Å². The standard InChI is InChI=1S/C13H15F2N3O/c1-2-3-11(16)13-17-12(18-19-13)6-8-4-5-9(14)7-10(8)15/h4-5,7,11H,2-3,6,16H2,1H3/t11-/m0/s1. The van der Waals surface area contributed by atoms with Crippen molar-refractivity contribution in [2.75, 3.05) is 0 Å². The lowest BCUT2D eigenvalue weighted by molar-refractivity contribution is 0.344. The molecule has 0 saturated carbocycles. The van der Waals surface area contributed by atoms with E-state index >= 15 is 0 Å². The fraction of sp³-hybridized carbons (Fsp3) is 0.385. The molecule has 6 heteroatoms. The van der Waals surface area contributed by atoms with Gasteiger partial charge in [0.15, 0.2) is 5.82 Å². The predicted octanol–water partition coefficient (Wildman–Crippen LogP) is 2.74. The fourth-order valence-corrected chi connectivity index (χ4v) is 1.76. The van der Waals surface area contributed by atoms with E-state index in [-0.39, 0.29) is 12.5 Å². The lowest BCUT2D eigenvalue weighted by Crippen LogP contribution is -2.10. The van der Waals surface area contributed by atoms with E-state index in [9.17, 15) is 8.78 Å². The van der Waals surface area contributed by atoms with E-state index in [1.54, 1.807) is 0 Å². The zero-order valence-electron chi connectivity index (χ0n) is 10.6. The summed E-state index contributed by atoms with van der Waals surface area (Å²) in [6.45, 7) is 2.00. The topological polar surface area (TPSA) is 64.9 Å². The highest BCUT2D eigenvalue weighted by Gasteiger charge is 2.15. The van der Waals surface area contributed by atoms with E-state index in [2.05, 4.69) is 10.1 Å². The Kier molecular flexibility index (Phi) is 4.21. The van der Waals surface area contributed by atoms with Gasteiger partial charge in [-0.2, -0.15) is 4.98 Å². The minimum atomic E-state index is -0.621. The minimum absolute atomic E-state index is 0.147. The van der Waals surface area contributed by atoms with E-state index in [1.807, 2.05) is 6.92 Å². The van der Waals surface area contributed by atoms with Gasteiger partial charge >= 0.3 is 0 Å². The van der Waals surface area contributed by atoms with Crippen LogP contribution in [0.15, 0.2) is 22.7 Å². The van der Waals surface area contributed by atoms with E-state index in [0.717, 1.165) is 18.9 Å². The molecule has 1 heterocycles.